The largest absolute Gasteiger partial charge is 0.495 e. The van der Waals surface area contributed by atoms with Gasteiger partial charge in [0.25, 0.3) is 0 Å². The van der Waals surface area contributed by atoms with Gasteiger partial charge >= 0.3 is 0 Å². The van der Waals surface area contributed by atoms with Crippen LogP contribution in [0.3, 0.4) is 0 Å². The molecule has 31 heavy (non-hydrogen) atoms. The molecule has 0 spiro atoms. The first-order valence-corrected chi connectivity index (χ1v) is 10.3. The molecular weight excluding hydrogens is 395 g/mol. The normalized spacial score (nSPS) is 16.1. The zero-order chi connectivity index (χ0) is 21.8. The number of benzene rings is 2. The number of piperidine rings is 1. The number of hydrogen-bond acceptors (Lipinski definition) is 5. The topological polar surface area (TPSA) is 67.3 Å². The molecule has 4 rings (SSSR count). The van der Waals surface area contributed by atoms with E-state index in [1.807, 2.05) is 37.3 Å². The van der Waals surface area contributed by atoms with Gasteiger partial charge in [0, 0.05) is 18.7 Å². The number of halogens is 1. The van der Waals surface area contributed by atoms with Gasteiger partial charge in [-0.2, -0.15) is 0 Å². The maximum Gasteiger partial charge on any atom is 0.229 e. The molecule has 1 aliphatic rings. The number of rotatable bonds is 5. The summed E-state index contributed by atoms with van der Waals surface area (Å²) in [5.41, 5.74) is 3.23. The van der Waals surface area contributed by atoms with Crippen molar-refractivity contribution in [1.29, 1.82) is 0 Å². The maximum atomic E-state index is 13.1. The van der Waals surface area contributed by atoms with E-state index in [0.717, 1.165) is 36.3 Å². The molecule has 0 bridgehead atoms. The van der Waals surface area contributed by atoms with Gasteiger partial charge in [0.1, 0.15) is 11.6 Å². The third-order valence-corrected chi connectivity index (χ3v) is 5.52. The predicted molar refractivity (Wildman–Crippen MR) is 119 cm³/mol. The van der Waals surface area contributed by atoms with Gasteiger partial charge in [-0.3, -0.25) is 4.79 Å². The predicted octanol–water partition coefficient (Wildman–Crippen LogP) is 4.45. The molecule has 1 aliphatic heterocycles. The SMILES string of the molecule is COc1ccc(C)cc1NC(=O)C1CCCN(c2ccc(-c3ccc(F)cc3)nn2)C1. The van der Waals surface area contributed by atoms with Crippen LogP contribution in [0.25, 0.3) is 11.3 Å². The number of nitrogens with one attached hydrogen (secondary N) is 1. The van der Waals surface area contributed by atoms with Crippen LogP contribution < -0.4 is 15.0 Å². The van der Waals surface area contributed by atoms with Crippen molar-refractivity contribution in [2.45, 2.75) is 19.8 Å². The highest BCUT2D eigenvalue weighted by atomic mass is 19.1. The summed E-state index contributed by atoms with van der Waals surface area (Å²) in [6.45, 7) is 3.37. The van der Waals surface area contributed by atoms with Gasteiger partial charge in [0.05, 0.1) is 24.4 Å². The Hall–Kier alpha value is -3.48. The lowest BCUT2D eigenvalue weighted by Gasteiger charge is -2.32. The van der Waals surface area contributed by atoms with E-state index in [1.165, 1.54) is 12.1 Å². The zero-order valence-electron chi connectivity index (χ0n) is 17.6. The summed E-state index contributed by atoms with van der Waals surface area (Å²) in [6, 6.07) is 15.7. The second-order valence-electron chi connectivity index (χ2n) is 7.76. The van der Waals surface area contributed by atoms with Crippen LogP contribution in [-0.4, -0.2) is 36.3 Å². The molecule has 2 aromatic carbocycles. The second-order valence-corrected chi connectivity index (χ2v) is 7.76. The van der Waals surface area contributed by atoms with Crippen molar-refractivity contribution in [3.8, 4) is 17.0 Å². The Kier molecular flexibility index (Phi) is 6.11. The fraction of sp³-hybridized carbons (Fsp3) is 0.292. The summed E-state index contributed by atoms with van der Waals surface area (Å²) in [4.78, 5) is 15.0. The molecule has 1 atom stereocenters. The van der Waals surface area contributed by atoms with Gasteiger partial charge in [-0.05, 0) is 73.9 Å². The van der Waals surface area contributed by atoms with E-state index in [9.17, 15) is 9.18 Å². The van der Waals surface area contributed by atoms with Crippen molar-refractivity contribution in [3.63, 3.8) is 0 Å². The fourth-order valence-corrected chi connectivity index (χ4v) is 3.82. The van der Waals surface area contributed by atoms with E-state index in [-0.39, 0.29) is 17.6 Å². The first-order chi connectivity index (χ1) is 15.0. The number of carbonyl (C=O) groups excluding carboxylic acids is 1. The Morgan fingerprint density at radius 3 is 2.65 bits per heavy atom. The van der Waals surface area contributed by atoms with E-state index in [1.54, 1.807) is 19.2 Å². The summed E-state index contributed by atoms with van der Waals surface area (Å²) in [5, 5.41) is 11.7. The van der Waals surface area contributed by atoms with E-state index in [4.69, 9.17) is 4.74 Å². The third-order valence-electron chi connectivity index (χ3n) is 5.52. The minimum Gasteiger partial charge on any atom is -0.495 e. The number of aromatic nitrogens is 2. The van der Waals surface area contributed by atoms with Crippen LogP contribution >= 0.6 is 0 Å². The monoisotopic (exact) mass is 420 g/mol. The highest BCUT2D eigenvalue weighted by Gasteiger charge is 2.27. The van der Waals surface area contributed by atoms with Crippen molar-refractivity contribution >= 4 is 17.4 Å². The molecule has 0 radical (unpaired) electrons. The van der Waals surface area contributed by atoms with E-state index < -0.39 is 0 Å². The molecule has 1 unspecified atom stereocenters. The summed E-state index contributed by atoms with van der Waals surface area (Å²) >= 11 is 0. The Morgan fingerprint density at radius 1 is 1.13 bits per heavy atom. The molecular formula is C24H25FN4O2. The molecule has 7 heteroatoms. The van der Waals surface area contributed by atoms with Crippen LogP contribution in [0.2, 0.25) is 0 Å². The average molecular weight is 420 g/mol. The molecule has 0 saturated carbocycles. The Balaban J connectivity index is 1.44. The first kappa shape index (κ1) is 20.8. The van der Waals surface area contributed by atoms with Crippen molar-refractivity contribution < 1.29 is 13.9 Å². The quantitative estimate of drug-likeness (QED) is 0.660. The summed E-state index contributed by atoms with van der Waals surface area (Å²) in [6.07, 6.45) is 1.71. The van der Waals surface area contributed by atoms with Crippen molar-refractivity contribution in [1.82, 2.24) is 10.2 Å². The van der Waals surface area contributed by atoms with Crippen LogP contribution in [0.5, 0.6) is 5.75 Å². The number of carbonyl (C=O) groups is 1. The lowest BCUT2D eigenvalue weighted by atomic mass is 9.97. The summed E-state index contributed by atoms with van der Waals surface area (Å²) in [5.74, 6) is 0.918. The van der Waals surface area contributed by atoms with Gasteiger partial charge in [-0.25, -0.2) is 4.39 Å². The molecule has 1 N–H and O–H groups in total. The highest BCUT2D eigenvalue weighted by molar-refractivity contribution is 5.94. The van der Waals surface area contributed by atoms with Gasteiger partial charge < -0.3 is 15.0 Å². The lowest BCUT2D eigenvalue weighted by Crippen LogP contribution is -2.41. The van der Waals surface area contributed by atoms with Gasteiger partial charge in [-0.1, -0.05) is 6.07 Å². The molecule has 1 fully saturated rings. The summed E-state index contributed by atoms with van der Waals surface area (Å²) in [7, 11) is 1.59. The van der Waals surface area contributed by atoms with Crippen LogP contribution in [-0.2, 0) is 4.79 Å². The highest BCUT2D eigenvalue weighted by Crippen LogP contribution is 2.28. The number of anilines is 2. The van der Waals surface area contributed by atoms with E-state index >= 15 is 0 Å². The fourth-order valence-electron chi connectivity index (χ4n) is 3.82. The van der Waals surface area contributed by atoms with Gasteiger partial charge in [0.15, 0.2) is 5.82 Å². The molecule has 160 valence electrons. The Labute approximate surface area is 181 Å². The molecule has 1 amide bonds. The van der Waals surface area contributed by atoms with Crippen molar-refractivity contribution in [2.24, 2.45) is 5.92 Å². The number of aryl methyl sites for hydroxylation is 1. The molecule has 0 aliphatic carbocycles. The van der Waals surface area contributed by atoms with E-state index in [0.29, 0.717) is 23.7 Å². The van der Waals surface area contributed by atoms with E-state index in [2.05, 4.69) is 20.4 Å². The molecule has 1 aromatic heterocycles. The second kappa shape index (κ2) is 9.12. The molecule has 6 nitrogen and oxygen atoms in total. The van der Waals surface area contributed by atoms with Gasteiger partial charge in [0.2, 0.25) is 5.91 Å². The van der Waals surface area contributed by atoms with Crippen LogP contribution in [0.15, 0.2) is 54.6 Å². The number of ether oxygens (including phenoxy) is 1. The maximum absolute atomic E-state index is 13.1. The van der Waals surface area contributed by atoms with Crippen LogP contribution in [0.4, 0.5) is 15.9 Å². The lowest BCUT2D eigenvalue weighted by molar-refractivity contribution is -0.120. The smallest absolute Gasteiger partial charge is 0.229 e. The van der Waals surface area contributed by atoms with Crippen LogP contribution in [0, 0.1) is 18.7 Å². The van der Waals surface area contributed by atoms with Gasteiger partial charge in [-0.15, -0.1) is 10.2 Å². The summed E-state index contributed by atoms with van der Waals surface area (Å²) < 4.78 is 18.5. The minimum absolute atomic E-state index is 0.0236. The molecule has 2 heterocycles. The number of amides is 1. The Morgan fingerprint density at radius 2 is 1.94 bits per heavy atom. The number of nitrogens with zero attached hydrogens (tertiary/aromatic N) is 3. The number of methoxy groups -OCH3 is 1. The minimum atomic E-state index is -0.283. The standard InChI is InChI=1S/C24H25FN4O2/c1-16-5-11-22(31-2)21(14-16)26-24(30)18-4-3-13-29(15-18)23-12-10-20(27-28-23)17-6-8-19(25)9-7-17/h5-12,14,18H,3-4,13,15H2,1-2H3,(H,26,30). The average Bonchev–Trinajstić information content (AvgIpc) is 2.80. The first-order valence-electron chi connectivity index (χ1n) is 10.3. The molecule has 3 aromatic rings. The molecule has 1 saturated heterocycles. The zero-order valence-corrected chi connectivity index (χ0v) is 17.6. The van der Waals surface area contributed by atoms with Crippen molar-refractivity contribution in [3.05, 3.63) is 66.0 Å². The number of hydrogen-bond donors (Lipinski definition) is 1. The Bertz CT molecular complexity index is 1050. The van der Waals surface area contributed by atoms with Crippen molar-refractivity contribution in [2.75, 3.05) is 30.4 Å². The van der Waals surface area contributed by atoms with Crippen LogP contribution in [0.1, 0.15) is 18.4 Å². The third kappa shape index (κ3) is 4.82.